The van der Waals surface area contributed by atoms with Crippen LogP contribution < -0.4 is 14.2 Å². The molecule has 0 aliphatic rings. The summed E-state index contributed by atoms with van der Waals surface area (Å²) >= 11 is 0. The molecule has 12 nitrogen and oxygen atoms in total. The van der Waals surface area contributed by atoms with Gasteiger partial charge in [-0.3, -0.25) is 14.4 Å². The van der Waals surface area contributed by atoms with Gasteiger partial charge in [0.05, 0.1) is 16.7 Å². The van der Waals surface area contributed by atoms with Crippen LogP contribution in [0.4, 0.5) is 0 Å². The first-order chi connectivity index (χ1) is 14.6. The van der Waals surface area contributed by atoms with E-state index in [0.717, 1.165) is 24.3 Å². The van der Waals surface area contributed by atoms with Crippen molar-refractivity contribution in [2.24, 2.45) is 0 Å². The first kappa shape index (κ1) is 24.3. The first-order valence-corrected chi connectivity index (χ1v) is 7.95. The van der Waals surface area contributed by atoms with Crippen molar-refractivity contribution in [3.8, 4) is 17.2 Å². The van der Waals surface area contributed by atoms with Crippen LogP contribution in [0.15, 0.2) is 30.3 Å². The summed E-state index contributed by atoms with van der Waals surface area (Å²) in [7, 11) is 0. The molecule has 0 bridgehead atoms. The van der Waals surface area contributed by atoms with Gasteiger partial charge in [0, 0.05) is 0 Å². The number of aryl methyl sites for hydroxylation is 1. The third kappa shape index (κ3) is 6.98. The van der Waals surface area contributed by atoms with Crippen LogP contribution in [-0.4, -0.2) is 52.6 Å². The Bertz CT molecular complexity index is 993. The third-order valence-electron chi connectivity index (χ3n) is 3.46. The predicted molar refractivity (Wildman–Crippen MR) is 98.6 cm³/mol. The van der Waals surface area contributed by atoms with Crippen molar-refractivity contribution >= 4 is 37.3 Å². The number of carbonyl (C=O) groups excluding carboxylic acids is 3. The molecule has 31 heavy (non-hydrogen) atoms. The second-order valence-corrected chi connectivity index (χ2v) is 5.42. The van der Waals surface area contributed by atoms with Gasteiger partial charge >= 0.3 is 17.9 Å². The van der Waals surface area contributed by atoms with E-state index in [1.54, 1.807) is 0 Å². The molecule has 2 aromatic carbocycles. The smallest absolute Gasteiger partial charge is 0.336 e. The minimum Gasteiger partial charge on any atom is -0.478 e. The van der Waals surface area contributed by atoms with E-state index in [1.165, 1.54) is 13.0 Å². The minimum absolute atomic E-state index is 0.00963. The molecular weight excluding hydrogens is 420 g/mol. The lowest BCUT2D eigenvalue weighted by Gasteiger charge is -2.08. The van der Waals surface area contributed by atoms with Gasteiger partial charge in [0.2, 0.25) is 0 Å². The van der Waals surface area contributed by atoms with E-state index < -0.39 is 17.9 Å². The summed E-state index contributed by atoms with van der Waals surface area (Å²) in [6.07, 6.45) is 0. The van der Waals surface area contributed by atoms with Gasteiger partial charge in [0.1, 0.15) is 5.75 Å². The highest BCUT2D eigenvalue weighted by molar-refractivity contribution is 5.94. The molecule has 0 atom stereocenters. The Kier molecular flexibility index (Phi) is 8.86. The second kappa shape index (κ2) is 11.3. The summed E-state index contributed by atoms with van der Waals surface area (Å²) in [6.45, 7) is 1.90. The van der Waals surface area contributed by atoms with Crippen molar-refractivity contribution in [1.82, 2.24) is 0 Å². The lowest BCUT2D eigenvalue weighted by atomic mass is 10.1. The van der Waals surface area contributed by atoms with E-state index in [-0.39, 0.29) is 53.4 Å². The number of hydrogen-bond acceptors (Lipinski definition) is 9. The van der Waals surface area contributed by atoms with Crippen LogP contribution in [0.1, 0.15) is 36.6 Å². The molecule has 2 aromatic rings. The van der Waals surface area contributed by atoms with Crippen LogP contribution >= 0.6 is 0 Å². The Hall–Kier alpha value is -4.74. The van der Waals surface area contributed by atoms with Gasteiger partial charge in [0.15, 0.2) is 11.5 Å². The maximum atomic E-state index is 10.8. The molecule has 2 rings (SSSR count). The Morgan fingerprint density at radius 1 is 0.677 bits per heavy atom. The monoisotopic (exact) mass is 434 g/mol. The number of ether oxygens (including phenoxy) is 3. The Labute approximate surface area is 173 Å². The fourth-order valence-electron chi connectivity index (χ4n) is 2.15. The number of carboxylic acids is 3. The lowest BCUT2D eigenvalue weighted by molar-refractivity contribution is -0.123. The van der Waals surface area contributed by atoms with Gasteiger partial charge in [-0.15, -0.1) is 0 Å². The molecule has 162 valence electrons. The molecule has 0 spiro atoms. The maximum Gasteiger partial charge on any atom is 0.336 e. The number of benzene rings is 2. The largest absolute Gasteiger partial charge is 0.478 e. The van der Waals surface area contributed by atoms with Gasteiger partial charge in [-0.05, 0) is 42.8 Å². The number of rotatable bonds is 9. The average molecular weight is 434 g/mol. The summed E-state index contributed by atoms with van der Waals surface area (Å²) in [5.41, 5.74) is -0.156. The van der Waals surface area contributed by atoms with Crippen molar-refractivity contribution in [3.63, 3.8) is 0 Å². The number of aromatic carboxylic acids is 3. The van der Waals surface area contributed by atoms with Crippen molar-refractivity contribution in [3.05, 3.63) is 52.6 Å². The number of carbonyl (C=O) groups is 6. The highest BCUT2D eigenvalue weighted by atomic mass is 16.6. The van der Waals surface area contributed by atoms with Crippen molar-refractivity contribution in [1.29, 1.82) is 0 Å². The zero-order valence-corrected chi connectivity index (χ0v) is 15.6. The van der Waals surface area contributed by atoms with Gasteiger partial charge in [0.25, 0.3) is 19.4 Å². The molecule has 0 radical (unpaired) electrons. The standard InChI is InChI=1S/C10H8O6.C9H6O6/c1-6-2-8(15-4-11)9(16-5-12)3-7(6)10(13)14;10-4-15-7-2-5(8(11)12)1-6(3-7)9(13)14/h2-5H,1H3,(H,13,14);1-4H,(H,11,12)(H,13,14). The lowest BCUT2D eigenvalue weighted by Crippen LogP contribution is -2.03. The molecule has 0 saturated heterocycles. The summed E-state index contributed by atoms with van der Waals surface area (Å²) in [6, 6.07) is 5.51. The van der Waals surface area contributed by atoms with Crippen LogP contribution in [0.3, 0.4) is 0 Å². The van der Waals surface area contributed by atoms with Gasteiger partial charge < -0.3 is 29.5 Å². The van der Waals surface area contributed by atoms with Crippen molar-refractivity contribution in [2.45, 2.75) is 6.92 Å². The van der Waals surface area contributed by atoms with Crippen LogP contribution in [-0.2, 0) is 14.4 Å². The quantitative estimate of drug-likeness (QED) is 0.481. The van der Waals surface area contributed by atoms with E-state index in [9.17, 15) is 28.8 Å². The number of carboxylic acid groups (broad SMARTS) is 3. The van der Waals surface area contributed by atoms with Crippen molar-refractivity contribution in [2.75, 3.05) is 0 Å². The highest BCUT2D eigenvalue weighted by Crippen LogP contribution is 2.30. The second-order valence-electron chi connectivity index (χ2n) is 5.42. The molecule has 0 aliphatic heterocycles. The van der Waals surface area contributed by atoms with Gasteiger partial charge in [-0.2, -0.15) is 0 Å². The average Bonchev–Trinajstić information content (AvgIpc) is 2.70. The van der Waals surface area contributed by atoms with E-state index in [0.29, 0.717) is 5.56 Å². The van der Waals surface area contributed by atoms with E-state index in [1.807, 2.05) is 0 Å². The summed E-state index contributed by atoms with van der Waals surface area (Å²) in [4.78, 5) is 62.4. The minimum atomic E-state index is -1.30. The van der Waals surface area contributed by atoms with Crippen LogP contribution in [0.25, 0.3) is 0 Å². The summed E-state index contributed by atoms with van der Waals surface area (Å²) in [5, 5.41) is 26.1. The van der Waals surface area contributed by atoms with E-state index in [4.69, 9.17) is 15.3 Å². The Morgan fingerprint density at radius 3 is 1.52 bits per heavy atom. The van der Waals surface area contributed by atoms with Crippen LogP contribution in [0, 0.1) is 6.92 Å². The molecule has 0 heterocycles. The SMILES string of the molecule is Cc1cc(OC=O)c(OC=O)cc1C(=O)O.O=COc1cc(C(=O)O)cc(C(=O)O)c1. The van der Waals surface area contributed by atoms with Crippen LogP contribution in [0.5, 0.6) is 17.2 Å². The molecule has 0 saturated carbocycles. The molecule has 0 aliphatic carbocycles. The fraction of sp³-hybridized carbons (Fsp3) is 0.0526. The maximum absolute atomic E-state index is 10.8. The Morgan fingerprint density at radius 2 is 1.13 bits per heavy atom. The molecule has 0 fully saturated rings. The first-order valence-electron chi connectivity index (χ1n) is 7.95. The zero-order valence-electron chi connectivity index (χ0n) is 15.6. The summed E-state index contributed by atoms with van der Waals surface area (Å²) < 4.78 is 13.4. The predicted octanol–water partition coefficient (Wildman–Crippen LogP) is 1.38. The van der Waals surface area contributed by atoms with Gasteiger partial charge in [-0.1, -0.05) is 0 Å². The third-order valence-corrected chi connectivity index (χ3v) is 3.46. The molecule has 3 N–H and O–H groups in total. The molecule has 12 heteroatoms. The van der Waals surface area contributed by atoms with Crippen LogP contribution in [0.2, 0.25) is 0 Å². The molecule has 0 unspecified atom stereocenters. The Balaban J connectivity index is 0.000000311. The topological polar surface area (TPSA) is 191 Å². The van der Waals surface area contributed by atoms with Gasteiger partial charge in [-0.25, -0.2) is 14.4 Å². The summed E-state index contributed by atoms with van der Waals surface area (Å²) in [5.74, 6) is -4.01. The fourth-order valence-corrected chi connectivity index (χ4v) is 2.15. The van der Waals surface area contributed by atoms with E-state index >= 15 is 0 Å². The van der Waals surface area contributed by atoms with E-state index in [2.05, 4.69) is 14.2 Å². The molecular formula is C19H14O12. The number of hydrogen-bond donors (Lipinski definition) is 3. The normalized spacial score (nSPS) is 9.32. The highest BCUT2D eigenvalue weighted by Gasteiger charge is 2.14. The van der Waals surface area contributed by atoms with Crippen molar-refractivity contribution < 1.29 is 58.3 Å². The molecule has 0 aromatic heterocycles. The zero-order chi connectivity index (χ0) is 23.6. The molecule has 0 amide bonds.